The summed E-state index contributed by atoms with van der Waals surface area (Å²) in [7, 11) is 0. The number of dihydropyridines is 1. The van der Waals surface area contributed by atoms with Gasteiger partial charge in [-0.05, 0) is 63.4 Å². The van der Waals surface area contributed by atoms with Crippen molar-refractivity contribution in [2.24, 2.45) is 0 Å². The molecule has 48 heavy (non-hydrogen) atoms. The molecule has 5 rings (SSSR count). The Bertz CT molecular complexity index is 1620. The van der Waals surface area contributed by atoms with Crippen LogP contribution in [-0.4, -0.2) is 67.8 Å². The number of likely N-dealkylation sites (tertiary alicyclic amines) is 1. The number of benzene rings is 3. The molecule has 0 saturated carbocycles. The predicted octanol–water partition coefficient (Wildman–Crippen LogP) is 6.03. The van der Waals surface area contributed by atoms with E-state index in [9.17, 15) is 19.7 Å². The van der Waals surface area contributed by atoms with Gasteiger partial charge in [-0.2, -0.15) is 0 Å². The maximum Gasteiger partial charge on any atom is 0.336 e. The lowest BCUT2D eigenvalue weighted by molar-refractivity contribution is -0.384. The van der Waals surface area contributed by atoms with Gasteiger partial charge in [0, 0.05) is 35.5 Å². The van der Waals surface area contributed by atoms with Crippen LogP contribution in [0.5, 0.6) is 0 Å². The molecule has 0 radical (unpaired) electrons. The van der Waals surface area contributed by atoms with E-state index in [0.717, 1.165) is 32.5 Å². The zero-order chi connectivity index (χ0) is 34.1. The van der Waals surface area contributed by atoms with E-state index in [0.29, 0.717) is 23.6 Å². The number of hydrogen-bond acceptors (Lipinski definition) is 9. The standard InChI is InChI=1S/C38H43N3O7/c1-4-47-36(42)33-27(2)39-28(3)34(35(33)29-12-11-17-32(26-29)41(44)45)37(43)48-25-24-46-23-22-40-20-18-38(19-21-40,30-13-7-5-8-14-30)31-15-9-6-10-16-31/h5-17,26,35,39H,4,18-25H2,1-3H3. The minimum atomic E-state index is -0.906. The number of carbonyl (C=O) groups excluding carboxylic acids is 2. The Kier molecular flexibility index (Phi) is 11.4. The van der Waals surface area contributed by atoms with Crippen molar-refractivity contribution in [3.05, 3.63) is 134 Å². The third-order valence-electron chi connectivity index (χ3n) is 9.27. The van der Waals surface area contributed by atoms with Gasteiger partial charge >= 0.3 is 11.9 Å². The summed E-state index contributed by atoms with van der Waals surface area (Å²) in [6.07, 6.45) is 2.02. The van der Waals surface area contributed by atoms with E-state index in [4.69, 9.17) is 14.2 Å². The second-order valence-electron chi connectivity index (χ2n) is 12.1. The Labute approximate surface area is 281 Å². The van der Waals surface area contributed by atoms with E-state index < -0.39 is 22.8 Å². The molecular weight excluding hydrogens is 610 g/mol. The van der Waals surface area contributed by atoms with E-state index in [1.807, 2.05) is 0 Å². The second-order valence-corrected chi connectivity index (χ2v) is 12.1. The van der Waals surface area contributed by atoms with Crippen molar-refractivity contribution >= 4 is 17.6 Å². The highest BCUT2D eigenvalue weighted by atomic mass is 16.6. The fourth-order valence-corrected chi connectivity index (χ4v) is 6.88. The van der Waals surface area contributed by atoms with Gasteiger partial charge < -0.3 is 24.4 Å². The van der Waals surface area contributed by atoms with Gasteiger partial charge in [-0.1, -0.05) is 72.8 Å². The summed E-state index contributed by atoms with van der Waals surface area (Å²) in [5, 5.41) is 14.6. The van der Waals surface area contributed by atoms with Crippen molar-refractivity contribution in [3.8, 4) is 0 Å². The molecule has 1 N–H and O–H groups in total. The van der Waals surface area contributed by atoms with Gasteiger partial charge in [0.1, 0.15) is 6.61 Å². The lowest BCUT2D eigenvalue weighted by Crippen LogP contribution is -2.44. The maximum absolute atomic E-state index is 13.5. The minimum Gasteiger partial charge on any atom is -0.463 e. The summed E-state index contributed by atoms with van der Waals surface area (Å²) in [4.78, 5) is 40.0. The molecule has 1 fully saturated rings. The number of ether oxygens (including phenoxy) is 3. The molecular formula is C38H43N3O7. The zero-order valence-corrected chi connectivity index (χ0v) is 27.8. The molecule has 1 saturated heterocycles. The van der Waals surface area contributed by atoms with E-state index >= 15 is 0 Å². The SMILES string of the molecule is CCOC(=O)C1=C(C)NC(C)=C(C(=O)OCCOCCN2CCC(c3ccccc3)(c3ccccc3)CC2)C1c1cccc([N+](=O)[O-])c1. The van der Waals surface area contributed by atoms with Gasteiger partial charge in [0.05, 0.1) is 41.8 Å². The number of carbonyl (C=O) groups is 2. The molecule has 252 valence electrons. The maximum atomic E-state index is 13.5. The summed E-state index contributed by atoms with van der Waals surface area (Å²) in [6.45, 7) is 8.62. The average Bonchev–Trinajstić information content (AvgIpc) is 3.10. The Balaban J connectivity index is 1.17. The van der Waals surface area contributed by atoms with Crippen LogP contribution in [0.25, 0.3) is 0 Å². The van der Waals surface area contributed by atoms with Crippen molar-refractivity contribution in [1.29, 1.82) is 0 Å². The van der Waals surface area contributed by atoms with E-state index in [1.165, 1.54) is 29.3 Å². The molecule has 0 spiro atoms. The van der Waals surface area contributed by atoms with Crippen molar-refractivity contribution in [1.82, 2.24) is 10.2 Å². The largest absolute Gasteiger partial charge is 0.463 e. The summed E-state index contributed by atoms with van der Waals surface area (Å²) in [5.74, 6) is -2.15. The zero-order valence-electron chi connectivity index (χ0n) is 27.8. The number of nitrogens with zero attached hydrogens (tertiary/aromatic N) is 2. The average molecular weight is 654 g/mol. The van der Waals surface area contributed by atoms with Crippen LogP contribution in [0, 0.1) is 10.1 Å². The summed E-state index contributed by atoms with van der Waals surface area (Å²) in [6, 6.07) is 27.4. The summed E-state index contributed by atoms with van der Waals surface area (Å²) in [5.41, 5.74) is 4.35. The summed E-state index contributed by atoms with van der Waals surface area (Å²) < 4.78 is 16.8. The fourth-order valence-electron chi connectivity index (χ4n) is 6.88. The first-order valence-corrected chi connectivity index (χ1v) is 16.4. The van der Waals surface area contributed by atoms with Gasteiger partial charge in [0.2, 0.25) is 0 Å². The van der Waals surface area contributed by atoms with Gasteiger partial charge in [-0.25, -0.2) is 9.59 Å². The van der Waals surface area contributed by atoms with Crippen molar-refractivity contribution < 1.29 is 28.7 Å². The van der Waals surface area contributed by atoms with Crippen LogP contribution < -0.4 is 5.32 Å². The topological polar surface area (TPSA) is 120 Å². The molecule has 10 nitrogen and oxygen atoms in total. The van der Waals surface area contributed by atoms with Gasteiger partial charge in [0.15, 0.2) is 0 Å². The lowest BCUT2D eigenvalue weighted by Gasteiger charge is -2.43. The first-order chi connectivity index (χ1) is 23.2. The molecule has 0 amide bonds. The molecule has 3 aromatic carbocycles. The predicted molar refractivity (Wildman–Crippen MR) is 182 cm³/mol. The molecule has 0 aliphatic carbocycles. The monoisotopic (exact) mass is 653 g/mol. The van der Waals surface area contributed by atoms with E-state index in [-0.39, 0.29) is 42.1 Å². The van der Waals surface area contributed by atoms with Crippen LogP contribution in [0.15, 0.2) is 107 Å². The molecule has 2 aliphatic heterocycles. The third-order valence-corrected chi connectivity index (χ3v) is 9.27. The number of non-ortho nitro benzene ring substituents is 1. The Morgan fingerprint density at radius 1 is 0.833 bits per heavy atom. The number of allylic oxidation sites excluding steroid dienone is 2. The fraction of sp³-hybridized carbons (Fsp3) is 0.368. The summed E-state index contributed by atoms with van der Waals surface area (Å²) >= 11 is 0. The molecule has 2 heterocycles. The minimum absolute atomic E-state index is 0.0137. The van der Waals surface area contributed by atoms with Crippen molar-refractivity contribution in [3.63, 3.8) is 0 Å². The van der Waals surface area contributed by atoms with Crippen LogP contribution in [0.2, 0.25) is 0 Å². The lowest BCUT2D eigenvalue weighted by atomic mass is 9.68. The van der Waals surface area contributed by atoms with Crippen LogP contribution in [-0.2, 0) is 29.2 Å². The van der Waals surface area contributed by atoms with Gasteiger partial charge in [0.25, 0.3) is 5.69 Å². The Morgan fingerprint density at radius 2 is 1.42 bits per heavy atom. The van der Waals surface area contributed by atoms with Gasteiger partial charge in [-0.3, -0.25) is 10.1 Å². The highest BCUT2D eigenvalue weighted by molar-refractivity contribution is 6.00. The Morgan fingerprint density at radius 3 is 1.98 bits per heavy atom. The second kappa shape index (κ2) is 15.9. The molecule has 3 aromatic rings. The third kappa shape index (κ3) is 7.67. The first-order valence-electron chi connectivity index (χ1n) is 16.4. The normalized spacial score (nSPS) is 17.9. The first kappa shape index (κ1) is 34.5. The molecule has 2 aliphatic rings. The van der Waals surface area contributed by atoms with Crippen LogP contribution >= 0.6 is 0 Å². The van der Waals surface area contributed by atoms with Crippen LogP contribution in [0.4, 0.5) is 5.69 Å². The highest BCUT2D eigenvalue weighted by Crippen LogP contribution is 2.42. The number of nitrogens with one attached hydrogen (secondary N) is 1. The number of rotatable bonds is 13. The number of piperidine rings is 1. The molecule has 1 atom stereocenters. The molecule has 0 bridgehead atoms. The smallest absolute Gasteiger partial charge is 0.336 e. The Hall–Kier alpha value is -4.80. The number of nitro groups is 1. The molecule has 1 unspecified atom stereocenters. The van der Waals surface area contributed by atoms with Crippen molar-refractivity contribution in [2.45, 2.75) is 44.9 Å². The highest BCUT2D eigenvalue weighted by Gasteiger charge is 2.39. The van der Waals surface area contributed by atoms with Gasteiger partial charge in [-0.15, -0.1) is 0 Å². The molecule has 0 aromatic heterocycles. The van der Waals surface area contributed by atoms with Crippen molar-refractivity contribution in [2.75, 3.05) is 46.1 Å². The van der Waals surface area contributed by atoms with Crippen LogP contribution in [0.1, 0.15) is 56.2 Å². The quantitative estimate of drug-likeness (QED) is 0.102. The van der Waals surface area contributed by atoms with Crippen LogP contribution in [0.3, 0.4) is 0 Å². The van der Waals surface area contributed by atoms with E-state index in [1.54, 1.807) is 26.8 Å². The number of nitro benzene ring substituents is 1. The molecule has 10 heteroatoms. The number of hydrogen-bond donors (Lipinski definition) is 1. The number of esters is 2. The van der Waals surface area contributed by atoms with E-state index in [2.05, 4.69) is 70.9 Å².